The molecule has 1 N–H and O–H groups in total. The molecule has 0 spiro atoms. The van der Waals surface area contributed by atoms with Crippen LogP contribution in [0.1, 0.15) is 18.3 Å². The summed E-state index contributed by atoms with van der Waals surface area (Å²) in [6.07, 6.45) is 0. The molecule has 0 aliphatic carbocycles. The van der Waals surface area contributed by atoms with Crippen molar-refractivity contribution < 1.29 is 4.79 Å². The number of aryl methyl sites for hydroxylation is 1. The quantitative estimate of drug-likeness (QED) is 0.732. The SMILES string of the molecule is CC(=O)Nc1ccc(SCc2nc3ccccc3nc2C)cc1. The lowest BCUT2D eigenvalue weighted by Crippen LogP contribution is -2.05. The van der Waals surface area contributed by atoms with Gasteiger partial charge in [0.25, 0.3) is 0 Å². The molecule has 0 aliphatic rings. The van der Waals surface area contributed by atoms with Crippen LogP contribution in [0.25, 0.3) is 11.0 Å². The maximum Gasteiger partial charge on any atom is 0.221 e. The van der Waals surface area contributed by atoms with Crippen LogP contribution < -0.4 is 5.32 Å². The van der Waals surface area contributed by atoms with Gasteiger partial charge in [0, 0.05) is 23.3 Å². The number of amides is 1. The predicted molar refractivity (Wildman–Crippen MR) is 94.6 cm³/mol. The molecule has 1 amide bonds. The summed E-state index contributed by atoms with van der Waals surface area (Å²) >= 11 is 1.71. The molecule has 0 bridgehead atoms. The van der Waals surface area contributed by atoms with E-state index in [1.807, 2.05) is 55.5 Å². The number of nitrogens with zero attached hydrogens (tertiary/aromatic N) is 2. The predicted octanol–water partition coefficient (Wildman–Crippen LogP) is 4.19. The van der Waals surface area contributed by atoms with Crippen molar-refractivity contribution in [1.82, 2.24) is 9.97 Å². The minimum atomic E-state index is -0.0625. The van der Waals surface area contributed by atoms with Crippen LogP contribution in [0.3, 0.4) is 0 Å². The van der Waals surface area contributed by atoms with E-state index in [1.54, 1.807) is 11.8 Å². The molecular weight excluding hydrogens is 306 g/mol. The Labute approximate surface area is 139 Å². The highest BCUT2D eigenvalue weighted by atomic mass is 32.2. The summed E-state index contributed by atoms with van der Waals surface area (Å²) in [4.78, 5) is 21.5. The Hall–Kier alpha value is -2.40. The van der Waals surface area contributed by atoms with Crippen LogP contribution in [0.2, 0.25) is 0 Å². The first-order valence-electron chi connectivity index (χ1n) is 7.34. The van der Waals surface area contributed by atoms with Gasteiger partial charge in [0.2, 0.25) is 5.91 Å². The Balaban J connectivity index is 1.72. The number of hydrogen-bond acceptors (Lipinski definition) is 4. The van der Waals surface area contributed by atoms with Gasteiger partial charge in [-0.15, -0.1) is 11.8 Å². The number of thioether (sulfide) groups is 1. The second-order valence-corrected chi connectivity index (χ2v) is 6.29. The van der Waals surface area contributed by atoms with Crippen LogP contribution in [-0.2, 0) is 10.5 Å². The summed E-state index contributed by atoms with van der Waals surface area (Å²) in [5.41, 5.74) is 4.63. The van der Waals surface area contributed by atoms with Crippen molar-refractivity contribution in [3.63, 3.8) is 0 Å². The fourth-order valence-corrected chi connectivity index (χ4v) is 3.16. The van der Waals surface area contributed by atoms with Crippen molar-refractivity contribution in [2.75, 3.05) is 5.32 Å². The van der Waals surface area contributed by atoms with Crippen molar-refractivity contribution in [1.29, 1.82) is 0 Å². The van der Waals surface area contributed by atoms with Crippen LogP contribution >= 0.6 is 11.8 Å². The molecule has 0 radical (unpaired) electrons. The maximum absolute atomic E-state index is 11.0. The number of carbonyl (C=O) groups excluding carboxylic acids is 1. The lowest BCUT2D eigenvalue weighted by atomic mass is 10.2. The fourth-order valence-electron chi connectivity index (χ4n) is 2.25. The van der Waals surface area contributed by atoms with Crippen molar-refractivity contribution in [3.8, 4) is 0 Å². The van der Waals surface area contributed by atoms with Crippen LogP contribution in [-0.4, -0.2) is 15.9 Å². The number of anilines is 1. The number of carbonyl (C=O) groups is 1. The number of rotatable bonds is 4. The highest BCUT2D eigenvalue weighted by Gasteiger charge is 2.06. The van der Waals surface area contributed by atoms with E-state index in [-0.39, 0.29) is 5.91 Å². The molecule has 1 heterocycles. The van der Waals surface area contributed by atoms with Gasteiger partial charge >= 0.3 is 0 Å². The molecule has 3 aromatic rings. The molecule has 1 aromatic heterocycles. The molecule has 0 saturated carbocycles. The van der Waals surface area contributed by atoms with Gasteiger partial charge in [0.15, 0.2) is 0 Å². The number of hydrogen-bond donors (Lipinski definition) is 1. The van der Waals surface area contributed by atoms with Gasteiger partial charge < -0.3 is 5.32 Å². The monoisotopic (exact) mass is 323 g/mol. The molecule has 0 atom stereocenters. The molecule has 116 valence electrons. The third-order valence-electron chi connectivity index (χ3n) is 3.39. The Kier molecular flexibility index (Phi) is 4.57. The van der Waals surface area contributed by atoms with Crippen LogP contribution in [0.5, 0.6) is 0 Å². The maximum atomic E-state index is 11.0. The van der Waals surface area contributed by atoms with E-state index >= 15 is 0 Å². The molecular formula is C18H17N3OS. The van der Waals surface area contributed by atoms with E-state index in [1.165, 1.54) is 6.92 Å². The highest BCUT2D eigenvalue weighted by Crippen LogP contribution is 2.25. The molecule has 2 aromatic carbocycles. The Bertz CT molecular complexity index is 847. The van der Waals surface area contributed by atoms with Crippen molar-refractivity contribution in [2.45, 2.75) is 24.5 Å². The van der Waals surface area contributed by atoms with Gasteiger partial charge in [0.05, 0.1) is 22.4 Å². The standard InChI is InChI=1S/C18H17N3OS/c1-12-18(21-17-6-4-3-5-16(17)19-12)11-23-15-9-7-14(8-10-15)20-13(2)22/h3-10H,11H2,1-2H3,(H,20,22). The van der Waals surface area contributed by atoms with Crippen molar-refractivity contribution in [2.24, 2.45) is 0 Å². The largest absolute Gasteiger partial charge is 0.326 e. The number of fused-ring (bicyclic) bond motifs is 1. The van der Waals surface area contributed by atoms with Gasteiger partial charge in [-0.1, -0.05) is 12.1 Å². The van der Waals surface area contributed by atoms with Crippen molar-refractivity contribution in [3.05, 3.63) is 59.9 Å². The average Bonchev–Trinajstić information content (AvgIpc) is 2.54. The number of nitrogens with one attached hydrogen (secondary N) is 1. The zero-order chi connectivity index (χ0) is 16.2. The zero-order valence-corrected chi connectivity index (χ0v) is 13.9. The summed E-state index contributed by atoms with van der Waals surface area (Å²) in [7, 11) is 0. The van der Waals surface area contributed by atoms with Gasteiger partial charge in [-0.2, -0.15) is 0 Å². The highest BCUT2D eigenvalue weighted by molar-refractivity contribution is 7.98. The second kappa shape index (κ2) is 6.79. The van der Waals surface area contributed by atoms with E-state index in [9.17, 15) is 4.79 Å². The van der Waals surface area contributed by atoms with Crippen molar-refractivity contribution >= 4 is 34.4 Å². The molecule has 0 aliphatic heterocycles. The summed E-state index contributed by atoms with van der Waals surface area (Å²) in [6, 6.07) is 15.7. The minimum absolute atomic E-state index is 0.0625. The first-order valence-corrected chi connectivity index (χ1v) is 8.33. The fraction of sp³-hybridized carbons (Fsp3) is 0.167. The van der Waals surface area contributed by atoms with E-state index in [2.05, 4.69) is 10.3 Å². The molecule has 0 saturated heterocycles. The normalized spacial score (nSPS) is 10.7. The first kappa shape index (κ1) is 15.5. The third kappa shape index (κ3) is 3.87. The summed E-state index contributed by atoms with van der Waals surface area (Å²) in [5.74, 6) is 0.704. The van der Waals surface area contributed by atoms with Gasteiger partial charge in [-0.05, 0) is 43.3 Å². The van der Waals surface area contributed by atoms with E-state index in [0.717, 1.165) is 38.8 Å². The van der Waals surface area contributed by atoms with Gasteiger partial charge in [-0.25, -0.2) is 9.97 Å². The Morgan fingerprint density at radius 2 is 1.70 bits per heavy atom. The number of benzene rings is 2. The van der Waals surface area contributed by atoms with E-state index < -0.39 is 0 Å². The number of aromatic nitrogens is 2. The zero-order valence-electron chi connectivity index (χ0n) is 13.0. The first-order chi connectivity index (χ1) is 11.1. The molecule has 0 unspecified atom stereocenters. The third-order valence-corrected chi connectivity index (χ3v) is 4.42. The minimum Gasteiger partial charge on any atom is -0.326 e. The molecule has 5 heteroatoms. The molecule has 23 heavy (non-hydrogen) atoms. The summed E-state index contributed by atoms with van der Waals surface area (Å²) in [6.45, 7) is 3.50. The Morgan fingerprint density at radius 3 is 2.35 bits per heavy atom. The number of para-hydroxylation sites is 2. The van der Waals surface area contributed by atoms with E-state index in [0.29, 0.717) is 0 Å². The Morgan fingerprint density at radius 1 is 1.04 bits per heavy atom. The molecule has 0 fully saturated rings. The smallest absolute Gasteiger partial charge is 0.221 e. The molecule has 3 rings (SSSR count). The van der Waals surface area contributed by atoms with Gasteiger partial charge in [0.1, 0.15) is 0 Å². The second-order valence-electron chi connectivity index (χ2n) is 5.24. The summed E-state index contributed by atoms with van der Waals surface area (Å²) < 4.78 is 0. The lowest BCUT2D eigenvalue weighted by Gasteiger charge is -2.07. The topological polar surface area (TPSA) is 54.9 Å². The van der Waals surface area contributed by atoms with Gasteiger partial charge in [-0.3, -0.25) is 4.79 Å². The van der Waals surface area contributed by atoms with Crippen LogP contribution in [0, 0.1) is 6.92 Å². The van der Waals surface area contributed by atoms with Crippen LogP contribution in [0.4, 0.5) is 5.69 Å². The summed E-state index contributed by atoms with van der Waals surface area (Å²) in [5, 5.41) is 2.76. The van der Waals surface area contributed by atoms with E-state index in [4.69, 9.17) is 4.98 Å². The lowest BCUT2D eigenvalue weighted by molar-refractivity contribution is -0.114. The van der Waals surface area contributed by atoms with Crippen LogP contribution in [0.15, 0.2) is 53.4 Å². The average molecular weight is 323 g/mol. The molecule has 4 nitrogen and oxygen atoms in total.